The highest BCUT2D eigenvalue weighted by Crippen LogP contribution is 2.27. The fraction of sp³-hybridized carbons (Fsp3) is 0.0909. The molecule has 5 nitrogen and oxygen atoms in total. The zero-order valence-corrected chi connectivity index (χ0v) is 14.8. The topological polar surface area (TPSA) is 64.6 Å². The van der Waals surface area contributed by atoms with E-state index in [1.165, 1.54) is 7.11 Å². The number of methoxy groups -OCH3 is 1. The summed E-state index contributed by atoms with van der Waals surface area (Å²) in [7, 11) is 1.47. The molecule has 3 aromatic rings. The maximum Gasteiger partial charge on any atom is 0.342 e. The molecule has 1 N–H and O–H groups in total. The maximum atomic E-state index is 12.3. The molecule has 1 amide bonds. The van der Waals surface area contributed by atoms with Crippen molar-refractivity contribution in [3.63, 3.8) is 0 Å². The van der Waals surface area contributed by atoms with E-state index in [1.54, 1.807) is 24.3 Å². The minimum Gasteiger partial charge on any atom is -0.496 e. The molecular formula is C22H19NO4. The van der Waals surface area contributed by atoms with Crippen molar-refractivity contribution in [2.45, 2.75) is 0 Å². The van der Waals surface area contributed by atoms with Crippen LogP contribution in [0.1, 0.15) is 10.4 Å². The van der Waals surface area contributed by atoms with Gasteiger partial charge in [0, 0.05) is 11.3 Å². The highest BCUT2D eigenvalue weighted by Gasteiger charge is 2.15. The summed E-state index contributed by atoms with van der Waals surface area (Å²) in [6.07, 6.45) is 0. The van der Waals surface area contributed by atoms with Gasteiger partial charge >= 0.3 is 5.97 Å². The first kappa shape index (κ1) is 18.2. The van der Waals surface area contributed by atoms with Gasteiger partial charge < -0.3 is 14.8 Å². The van der Waals surface area contributed by atoms with Crippen molar-refractivity contribution in [2.75, 3.05) is 19.0 Å². The van der Waals surface area contributed by atoms with E-state index in [0.717, 1.165) is 11.1 Å². The molecule has 0 unspecified atom stereocenters. The number of rotatable bonds is 6. The first-order chi connectivity index (χ1) is 13.2. The number of benzene rings is 3. The molecule has 27 heavy (non-hydrogen) atoms. The number of hydrogen-bond donors (Lipinski definition) is 1. The zero-order valence-electron chi connectivity index (χ0n) is 14.8. The van der Waals surface area contributed by atoms with E-state index in [0.29, 0.717) is 11.4 Å². The summed E-state index contributed by atoms with van der Waals surface area (Å²) in [4.78, 5) is 24.5. The summed E-state index contributed by atoms with van der Waals surface area (Å²) in [6, 6.07) is 23.9. The molecule has 0 bridgehead atoms. The van der Waals surface area contributed by atoms with Crippen molar-refractivity contribution in [1.82, 2.24) is 0 Å². The Hall–Kier alpha value is -3.60. The number of carbonyl (C=O) groups excluding carboxylic acids is 2. The largest absolute Gasteiger partial charge is 0.496 e. The number of anilines is 1. The standard InChI is InChI=1S/C22H19NO4/c1-26-20-14-8-6-12-18(20)22(25)27-15-21(24)23-19-13-7-5-11-17(19)16-9-3-2-4-10-16/h2-14H,15H2,1H3,(H,23,24). The van der Waals surface area contributed by atoms with Crippen molar-refractivity contribution in [3.8, 4) is 16.9 Å². The summed E-state index contributed by atoms with van der Waals surface area (Å²) < 4.78 is 10.3. The van der Waals surface area contributed by atoms with E-state index in [-0.39, 0.29) is 12.2 Å². The second-order valence-electron chi connectivity index (χ2n) is 5.74. The molecule has 0 aromatic heterocycles. The van der Waals surface area contributed by atoms with Crippen molar-refractivity contribution in [3.05, 3.63) is 84.4 Å². The van der Waals surface area contributed by atoms with E-state index in [2.05, 4.69) is 5.32 Å². The Morgan fingerprint density at radius 2 is 1.52 bits per heavy atom. The Balaban J connectivity index is 1.66. The molecule has 0 fully saturated rings. The predicted molar refractivity (Wildman–Crippen MR) is 104 cm³/mol. The van der Waals surface area contributed by atoms with Gasteiger partial charge in [-0.05, 0) is 23.8 Å². The number of hydrogen-bond acceptors (Lipinski definition) is 4. The molecule has 0 spiro atoms. The molecule has 0 atom stereocenters. The number of esters is 1. The van der Waals surface area contributed by atoms with Gasteiger partial charge in [-0.3, -0.25) is 4.79 Å². The van der Waals surface area contributed by atoms with Crippen molar-refractivity contribution >= 4 is 17.6 Å². The van der Waals surface area contributed by atoms with Gasteiger partial charge in [-0.25, -0.2) is 4.79 Å². The van der Waals surface area contributed by atoms with E-state index >= 15 is 0 Å². The van der Waals surface area contributed by atoms with Crippen LogP contribution in [0.3, 0.4) is 0 Å². The quantitative estimate of drug-likeness (QED) is 0.670. The smallest absolute Gasteiger partial charge is 0.342 e. The van der Waals surface area contributed by atoms with Gasteiger partial charge in [-0.15, -0.1) is 0 Å². The molecule has 136 valence electrons. The van der Waals surface area contributed by atoms with Gasteiger partial charge in [0.05, 0.1) is 7.11 Å². The van der Waals surface area contributed by atoms with E-state index in [4.69, 9.17) is 9.47 Å². The highest BCUT2D eigenvalue weighted by molar-refractivity contribution is 5.98. The van der Waals surface area contributed by atoms with Crippen molar-refractivity contribution < 1.29 is 19.1 Å². The van der Waals surface area contributed by atoms with Crippen LogP contribution in [0.2, 0.25) is 0 Å². The number of para-hydroxylation sites is 2. The molecule has 0 aliphatic carbocycles. The van der Waals surface area contributed by atoms with Crippen LogP contribution in [-0.2, 0) is 9.53 Å². The summed E-state index contributed by atoms with van der Waals surface area (Å²) in [5.41, 5.74) is 2.81. The SMILES string of the molecule is COc1ccccc1C(=O)OCC(=O)Nc1ccccc1-c1ccccc1. The summed E-state index contributed by atoms with van der Waals surface area (Å²) in [6.45, 7) is -0.389. The number of nitrogens with one attached hydrogen (secondary N) is 1. The molecule has 3 aromatic carbocycles. The summed E-state index contributed by atoms with van der Waals surface area (Å²) in [5.74, 6) is -0.627. The average Bonchev–Trinajstić information content (AvgIpc) is 2.73. The summed E-state index contributed by atoms with van der Waals surface area (Å²) in [5, 5.41) is 2.80. The molecule has 0 saturated heterocycles. The van der Waals surface area contributed by atoms with Crippen LogP contribution in [0, 0.1) is 0 Å². The van der Waals surface area contributed by atoms with Crippen molar-refractivity contribution in [1.29, 1.82) is 0 Å². The lowest BCUT2D eigenvalue weighted by molar-refractivity contribution is -0.119. The lowest BCUT2D eigenvalue weighted by atomic mass is 10.0. The van der Waals surface area contributed by atoms with Gasteiger partial charge in [-0.1, -0.05) is 60.7 Å². The lowest BCUT2D eigenvalue weighted by Gasteiger charge is -2.12. The number of ether oxygens (including phenoxy) is 2. The Morgan fingerprint density at radius 1 is 0.852 bits per heavy atom. The first-order valence-electron chi connectivity index (χ1n) is 8.43. The van der Waals surface area contributed by atoms with E-state index in [9.17, 15) is 9.59 Å². The predicted octanol–water partition coefficient (Wildman–Crippen LogP) is 4.16. The molecule has 5 heteroatoms. The fourth-order valence-corrected chi connectivity index (χ4v) is 2.67. The molecule has 3 rings (SSSR count). The number of carbonyl (C=O) groups is 2. The third-order valence-corrected chi connectivity index (χ3v) is 3.95. The highest BCUT2D eigenvalue weighted by atomic mass is 16.5. The first-order valence-corrected chi connectivity index (χ1v) is 8.43. The van der Waals surface area contributed by atoms with E-state index < -0.39 is 11.9 Å². The van der Waals surface area contributed by atoms with Gasteiger partial charge in [0.25, 0.3) is 5.91 Å². The molecule has 0 aliphatic rings. The normalized spacial score (nSPS) is 10.1. The van der Waals surface area contributed by atoms with Crippen LogP contribution in [0.4, 0.5) is 5.69 Å². The van der Waals surface area contributed by atoms with Gasteiger partial charge in [0.1, 0.15) is 11.3 Å². The van der Waals surface area contributed by atoms with Crippen LogP contribution in [-0.4, -0.2) is 25.6 Å². The monoisotopic (exact) mass is 361 g/mol. The van der Waals surface area contributed by atoms with Crippen LogP contribution in [0.25, 0.3) is 11.1 Å². The Bertz CT molecular complexity index is 938. The maximum absolute atomic E-state index is 12.3. The van der Waals surface area contributed by atoms with Crippen LogP contribution in [0.15, 0.2) is 78.9 Å². The van der Waals surface area contributed by atoms with Crippen LogP contribution in [0.5, 0.6) is 5.75 Å². The Labute approximate surface area is 157 Å². The van der Waals surface area contributed by atoms with Crippen LogP contribution >= 0.6 is 0 Å². The van der Waals surface area contributed by atoms with Gasteiger partial charge in [0.2, 0.25) is 0 Å². The summed E-state index contributed by atoms with van der Waals surface area (Å²) >= 11 is 0. The molecular weight excluding hydrogens is 342 g/mol. The van der Waals surface area contributed by atoms with Crippen LogP contribution < -0.4 is 10.1 Å². The third-order valence-electron chi connectivity index (χ3n) is 3.95. The molecule has 0 saturated carbocycles. The number of amides is 1. The second-order valence-corrected chi connectivity index (χ2v) is 5.74. The minimum atomic E-state index is -0.612. The fourth-order valence-electron chi connectivity index (χ4n) is 2.67. The molecule has 0 heterocycles. The zero-order chi connectivity index (χ0) is 19.1. The lowest BCUT2D eigenvalue weighted by Crippen LogP contribution is -2.21. The van der Waals surface area contributed by atoms with Gasteiger partial charge in [-0.2, -0.15) is 0 Å². The Kier molecular flexibility index (Phi) is 5.84. The van der Waals surface area contributed by atoms with Gasteiger partial charge in [0.15, 0.2) is 6.61 Å². The average molecular weight is 361 g/mol. The molecule has 0 radical (unpaired) electrons. The Morgan fingerprint density at radius 3 is 2.30 bits per heavy atom. The van der Waals surface area contributed by atoms with Crippen molar-refractivity contribution in [2.24, 2.45) is 0 Å². The van der Waals surface area contributed by atoms with E-state index in [1.807, 2.05) is 54.6 Å². The molecule has 0 aliphatic heterocycles. The minimum absolute atomic E-state index is 0.275. The third kappa shape index (κ3) is 4.52. The second kappa shape index (κ2) is 8.67.